The maximum Gasteiger partial charge on any atom is 0.240 e. The highest BCUT2D eigenvalue weighted by molar-refractivity contribution is 5.49. The van der Waals surface area contributed by atoms with Gasteiger partial charge in [-0.25, -0.2) is 0 Å². The first-order valence-corrected chi connectivity index (χ1v) is 6.29. The molecule has 1 aromatic rings. The number of hydrogen-bond acceptors (Lipinski definition) is 5. The van der Waals surface area contributed by atoms with Gasteiger partial charge in [0.25, 0.3) is 0 Å². The Labute approximate surface area is 107 Å². The van der Waals surface area contributed by atoms with E-state index in [0.29, 0.717) is 36.6 Å². The van der Waals surface area contributed by atoms with E-state index in [0.717, 1.165) is 13.0 Å². The van der Waals surface area contributed by atoms with Gasteiger partial charge in [-0.1, -0.05) is 13.8 Å². The van der Waals surface area contributed by atoms with E-state index in [1.54, 1.807) is 12.1 Å². The van der Waals surface area contributed by atoms with Gasteiger partial charge < -0.3 is 19.9 Å². The van der Waals surface area contributed by atoms with Gasteiger partial charge in [0.1, 0.15) is 6.10 Å². The van der Waals surface area contributed by atoms with Gasteiger partial charge in [0, 0.05) is 12.5 Å². The van der Waals surface area contributed by atoms with Gasteiger partial charge in [-0.15, -0.1) is 0 Å². The fourth-order valence-corrected chi connectivity index (χ4v) is 1.64. The molecule has 1 aromatic heterocycles. The van der Waals surface area contributed by atoms with Crippen molar-refractivity contribution >= 4 is 5.69 Å². The zero-order valence-electron chi connectivity index (χ0n) is 10.9. The van der Waals surface area contributed by atoms with Gasteiger partial charge in [0.2, 0.25) is 11.8 Å². The van der Waals surface area contributed by atoms with Crippen LogP contribution in [-0.2, 0) is 4.74 Å². The third-order valence-corrected chi connectivity index (χ3v) is 2.59. The largest absolute Gasteiger partial charge is 0.476 e. The number of nitrogens with two attached hydrogens (primary N) is 1. The Morgan fingerprint density at radius 1 is 1.50 bits per heavy atom. The predicted octanol–water partition coefficient (Wildman–Crippen LogP) is 1.87. The molecule has 0 aliphatic carbocycles. The standard InChI is InChI=1S/C13H20N2O3/c1-9(2)7-17-13-11(14)3-4-12(15-13)18-10-5-6-16-8-10/h3-4,9-10H,5-8,14H2,1-2H3. The topological polar surface area (TPSA) is 66.6 Å². The lowest BCUT2D eigenvalue weighted by atomic mass is 10.2. The summed E-state index contributed by atoms with van der Waals surface area (Å²) in [7, 11) is 0. The van der Waals surface area contributed by atoms with Gasteiger partial charge in [0.15, 0.2) is 0 Å². The molecule has 18 heavy (non-hydrogen) atoms. The normalized spacial score (nSPS) is 19.2. The van der Waals surface area contributed by atoms with E-state index in [9.17, 15) is 0 Å². The van der Waals surface area contributed by atoms with Crippen molar-refractivity contribution in [3.8, 4) is 11.8 Å². The Hall–Kier alpha value is -1.49. The van der Waals surface area contributed by atoms with Crippen LogP contribution in [0.25, 0.3) is 0 Å². The molecule has 0 radical (unpaired) electrons. The molecule has 0 saturated carbocycles. The maximum atomic E-state index is 5.82. The Bertz CT molecular complexity index is 390. The van der Waals surface area contributed by atoms with Crippen LogP contribution in [0.3, 0.4) is 0 Å². The summed E-state index contributed by atoms with van der Waals surface area (Å²) < 4.78 is 16.5. The second kappa shape index (κ2) is 5.91. The molecule has 0 bridgehead atoms. The minimum atomic E-state index is 0.0825. The Balaban J connectivity index is 2.00. The van der Waals surface area contributed by atoms with Crippen LogP contribution in [0.4, 0.5) is 5.69 Å². The van der Waals surface area contributed by atoms with Gasteiger partial charge in [-0.3, -0.25) is 0 Å². The van der Waals surface area contributed by atoms with E-state index >= 15 is 0 Å². The molecule has 2 rings (SSSR count). The minimum absolute atomic E-state index is 0.0825. The van der Waals surface area contributed by atoms with Crippen molar-refractivity contribution in [1.29, 1.82) is 0 Å². The minimum Gasteiger partial charge on any atom is -0.476 e. The molecule has 100 valence electrons. The lowest BCUT2D eigenvalue weighted by molar-refractivity contribution is 0.137. The lowest BCUT2D eigenvalue weighted by Crippen LogP contribution is -2.17. The summed E-state index contributed by atoms with van der Waals surface area (Å²) in [6, 6.07) is 3.52. The molecule has 5 nitrogen and oxygen atoms in total. The first-order valence-electron chi connectivity index (χ1n) is 6.29. The average Bonchev–Trinajstić information content (AvgIpc) is 2.82. The summed E-state index contributed by atoms with van der Waals surface area (Å²) in [5, 5.41) is 0. The first-order chi connectivity index (χ1) is 8.65. The molecule has 1 saturated heterocycles. The van der Waals surface area contributed by atoms with Crippen LogP contribution in [0, 0.1) is 5.92 Å². The number of anilines is 1. The van der Waals surface area contributed by atoms with Crippen LogP contribution in [0.15, 0.2) is 12.1 Å². The van der Waals surface area contributed by atoms with Crippen molar-refractivity contribution < 1.29 is 14.2 Å². The van der Waals surface area contributed by atoms with Crippen molar-refractivity contribution in [2.75, 3.05) is 25.6 Å². The van der Waals surface area contributed by atoms with E-state index in [1.165, 1.54) is 0 Å². The van der Waals surface area contributed by atoms with Crippen LogP contribution >= 0.6 is 0 Å². The highest BCUT2D eigenvalue weighted by Crippen LogP contribution is 2.24. The van der Waals surface area contributed by atoms with Crippen molar-refractivity contribution in [2.24, 2.45) is 5.92 Å². The number of aromatic nitrogens is 1. The number of hydrogen-bond donors (Lipinski definition) is 1. The second-order valence-corrected chi connectivity index (χ2v) is 4.85. The Morgan fingerprint density at radius 3 is 3.00 bits per heavy atom. The third kappa shape index (κ3) is 3.50. The summed E-state index contributed by atoms with van der Waals surface area (Å²) in [5.74, 6) is 1.41. The number of nitrogens with zero attached hydrogens (tertiary/aromatic N) is 1. The Kier molecular flexibility index (Phi) is 4.25. The summed E-state index contributed by atoms with van der Waals surface area (Å²) in [6.45, 7) is 6.11. The molecule has 1 atom stereocenters. The van der Waals surface area contributed by atoms with Gasteiger partial charge >= 0.3 is 0 Å². The molecule has 0 amide bonds. The molecule has 2 N–H and O–H groups in total. The molecular formula is C13H20N2O3. The van der Waals surface area contributed by atoms with E-state index in [4.69, 9.17) is 19.9 Å². The third-order valence-electron chi connectivity index (χ3n) is 2.59. The van der Waals surface area contributed by atoms with Gasteiger partial charge in [0.05, 0.1) is 25.5 Å². The van der Waals surface area contributed by atoms with Crippen molar-refractivity contribution in [3.05, 3.63) is 12.1 Å². The summed E-state index contributed by atoms with van der Waals surface area (Å²) in [4.78, 5) is 4.28. The Morgan fingerprint density at radius 2 is 2.33 bits per heavy atom. The monoisotopic (exact) mass is 252 g/mol. The van der Waals surface area contributed by atoms with E-state index < -0.39 is 0 Å². The number of pyridine rings is 1. The SMILES string of the molecule is CC(C)COc1nc(OC2CCOC2)ccc1N. The molecule has 1 aliphatic rings. The molecule has 5 heteroatoms. The summed E-state index contributed by atoms with van der Waals surface area (Å²) in [5.41, 5.74) is 6.35. The van der Waals surface area contributed by atoms with Crippen LogP contribution in [0.1, 0.15) is 20.3 Å². The van der Waals surface area contributed by atoms with Gasteiger partial charge in [-0.2, -0.15) is 4.98 Å². The molecule has 1 aliphatic heterocycles. The number of rotatable bonds is 5. The van der Waals surface area contributed by atoms with Crippen molar-refractivity contribution in [1.82, 2.24) is 4.98 Å². The van der Waals surface area contributed by atoms with Crippen LogP contribution in [0.2, 0.25) is 0 Å². The highest BCUT2D eigenvalue weighted by atomic mass is 16.6. The number of ether oxygens (including phenoxy) is 3. The quantitative estimate of drug-likeness (QED) is 0.866. The lowest BCUT2D eigenvalue weighted by Gasteiger charge is -2.14. The van der Waals surface area contributed by atoms with Crippen molar-refractivity contribution in [3.63, 3.8) is 0 Å². The fraction of sp³-hybridized carbons (Fsp3) is 0.615. The first kappa shape index (κ1) is 13.0. The number of nitrogen functional groups attached to an aromatic ring is 1. The summed E-state index contributed by atoms with van der Waals surface area (Å²) in [6.07, 6.45) is 0.980. The van der Waals surface area contributed by atoms with Crippen LogP contribution in [0.5, 0.6) is 11.8 Å². The highest BCUT2D eigenvalue weighted by Gasteiger charge is 2.18. The van der Waals surface area contributed by atoms with E-state index in [2.05, 4.69) is 18.8 Å². The molecule has 1 fully saturated rings. The zero-order valence-corrected chi connectivity index (χ0v) is 10.9. The molecule has 0 spiro atoms. The predicted molar refractivity (Wildman–Crippen MR) is 68.8 cm³/mol. The van der Waals surface area contributed by atoms with E-state index in [1.807, 2.05) is 0 Å². The van der Waals surface area contributed by atoms with Gasteiger partial charge in [-0.05, 0) is 12.0 Å². The molecule has 1 unspecified atom stereocenters. The van der Waals surface area contributed by atoms with Crippen molar-refractivity contribution in [2.45, 2.75) is 26.4 Å². The molecular weight excluding hydrogens is 232 g/mol. The average molecular weight is 252 g/mol. The maximum absolute atomic E-state index is 5.82. The molecule has 0 aromatic carbocycles. The zero-order chi connectivity index (χ0) is 13.0. The second-order valence-electron chi connectivity index (χ2n) is 4.85. The fourth-order valence-electron chi connectivity index (χ4n) is 1.64. The molecule has 2 heterocycles. The van der Waals surface area contributed by atoms with Crippen LogP contribution in [-0.4, -0.2) is 30.9 Å². The smallest absolute Gasteiger partial charge is 0.240 e. The van der Waals surface area contributed by atoms with Crippen LogP contribution < -0.4 is 15.2 Å². The van der Waals surface area contributed by atoms with E-state index in [-0.39, 0.29) is 6.10 Å². The summed E-state index contributed by atoms with van der Waals surface area (Å²) >= 11 is 0.